The van der Waals surface area contributed by atoms with E-state index in [-0.39, 0.29) is 41.0 Å². The highest BCUT2D eigenvalue weighted by atomic mass is 32.2. The van der Waals surface area contributed by atoms with Crippen molar-refractivity contribution in [3.8, 4) is 18.2 Å². The molecule has 0 aliphatic rings. The number of benzene rings is 1. The Kier molecular flexibility index (Phi) is 9.41. The summed E-state index contributed by atoms with van der Waals surface area (Å²) in [7, 11) is 1.58. The zero-order valence-corrected chi connectivity index (χ0v) is 20.8. The number of carbonyl (C=O) groups is 1. The van der Waals surface area contributed by atoms with Crippen molar-refractivity contribution in [3.63, 3.8) is 0 Å². The van der Waals surface area contributed by atoms with Gasteiger partial charge in [-0.2, -0.15) is 0 Å². The number of ether oxygens (including phenoxy) is 2. The van der Waals surface area contributed by atoms with Gasteiger partial charge in [0.15, 0.2) is 11.8 Å². The van der Waals surface area contributed by atoms with Gasteiger partial charge in [-0.3, -0.25) is 10.2 Å². The van der Waals surface area contributed by atoms with Gasteiger partial charge in [0.25, 0.3) is 5.91 Å². The summed E-state index contributed by atoms with van der Waals surface area (Å²) in [6.07, 6.45) is 7.72. The maximum Gasteiger partial charge on any atom is 0.275 e. The molecule has 0 aliphatic carbocycles. The number of nitrogens with two attached hydrogens (primary N) is 1. The van der Waals surface area contributed by atoms with Crippen LogP contribution in [0.2, 0.25) is 0 Å². The van der Waals surface area contributed by atoms with Crippen LogP contribution in [0.25, 0.3) is 0 Å². The molecule has 3 atom stereocenters. The summed E-state index contributed by atoms with van der Waals surface area (Å²) in [5, 5.41) is 10.4. The first-order valence-electron chi connectivity index (χ1n) is 10.5. The predicted octanol–water partition coefficient (Wildman–Crippen LogP) is 3.96. The summed E-state index contributed by atoms with van der Waals surface area (Å²) < 4.78 is 25.1. The van der Waals surface area contributed by atoms with E-state index in [1.165, 1.54) is 24.2 Å². The first-order valence-corrected chi connectivity index (χ1v) is 11.4. The fraction of sp³-hybridized carbons (Fsp3) is 0.417. The molecule has 0 aliphatic heterocycles. The Morgan fingerprint density at radius 3 is 2.65 bits per heavy atom. The highest BCUT2D eigenvalue weighted by molar-refractivity contribution is 8.14. The van der Waals surface area contributed by atoms with Crippen LogP contribution in [0.5, 0.6) is 5.88 Å². The number of nitrogens with zero attached hydrogens (tertiary/aromatic N) is 2. The summed E-state index contributed by atoms with van der Waals surface area (Å²) in [6, 6.07) is 3.18. The number of aryl methyl sites for hydroxylation is 1. The van der Waals surface area contributed by atoms with Gasteiger partial charge in [-0.15, -0.1) is 6.42 Å². The Morgan fingerprint density at radius 1 is 1.38 bits per heavy atom. The number of halogens is 1. The first kappa shape index (κ1) is 27.1. The number of thioether (sulfide) groups is 1. The van der Waals surface area contributed by atoms with Crippen LogP contribution in [0.15, 0.2) is 24.5 Å². The van der Waals surface area contributed by atoms with E-state index >= 15 is 4.39 Å². The van der Waals surface area contributed by atoms with Crippen molar-refractivity contribution in [2.45, 2.75) is 38.4 Å². The molecule has 1 aromatic heterocycles. The average molecular weight is 488 g/mol. The number of carbonyl (C=O) groups excluding carboxylic acids is 1. The van der Waals surface area contributed by atoms with Gasteiger partial charge >= 0.3 is 0 Å². The summed E-state index contributed by atoms with van der Waals surface area (Å²) in [5.41, 5.74) is 6.99. The number of terminal acetylenes is 1. The maximum atomic E-state index is 15.2. The van der Waals surface area contributed by atoms with E-state index in [1.54, 1.807) is 26.2 Å². The first-order chi connectivity index (χ1) is 16.0. The van der Waals surface area contributed by atoms with Crippen molar-refractivity contribution in [2.24, 2.45) is 11.7 Å². The Balaban J connectivity index is 2.29. The highest BCUT2D eigenvalue weighted by Gasteiger charge is 2.38. The number of amidine groups is 1. The Bertz CT molecular complexity index is 1070. The molecule has 8 nitrogen and oxygen atoms in total. The van der Waals surface area contributed by atoms with E-state index in [0.717, 1.165) is 0 Å². The number of methoxy groups -OCH3 is 1. The number of rotatable bonds is 10. The molecule has 10 heteroatoms. The van der Waals surface area contributed by atoms with Crippen LogP contribution in [0, 0.1) is 36.4 Å². The zero-order chi connectivity index (χ0) is 25.5. The molecule has 34 heavy (non-hydrogen) atoms. The molecule has 0 saturated carbocycles. The van der Waals surface area contributed by atoms with Gasteiger partial charge in [0.05, 0.1) is 19.0 Å². The molecule has 0 saturated heterocycles. The van der Waals surface area contributed by atoms with Crippen LogP contribution in [-0.4, -0.2) is 46.1 Å². The molecule has 4 N–H and O–H groups in total. The molecule has 1 unspecified atom stereocenters. The zero-order valence-electron chi connectivity index (χ0n) is 19.9. The smallest absolute Gasteiger partial charge is 0.275 e. The topological polar surface area (TPSA) is 123 Å². The van der Waals surface area contributed by atoms with E-state index in [0.29, 0.717) is 23.4 Å². The van der Waals surface area contributed by atoms with Crippen molar-refractivity contribution in [1.29, 1.82) is 5.41 Å². The summed E-state index contributed by atoms with van der Waals surface area (Å²) in [6.45, 7) is 7.84. The molecule has 0 fully saturated rings. The van der Waals surface area contributed by atoms with Crippen LogP contribution >= 0.6 is 11.8 Å². The quantitative estimate of drug-likeness (QED) is 0.263. The van der Waals surface area contributed by atoms with Crippen molar-refractivity contribution in [3.05, 3.63) is 47.2 Å². The Hall–Kier alpha value is -3.16. The molecular weight excluding hydrogens is 457 g/mol. The van der Waals surface area contributed by atoms with Crippen LogP contribution < -0.4 is 15.8 Å². The molecule has 2 aromatic rings. The lowest BCUT2D eigenvalue weighted by Gasteiger charge is -2.38. The minimum atomic E-state index is -0.557. The second-order valence-corrected chi connectivity index (χ2v) is 9.75. The number of anilines is 1. The molecular formula is C24H30FN5O3S. The molecule has 2 rings (SSSR count). The normalized spacial score (nSPS) is 14.4. The van der Waals surface area contributed by atoms with Crippen molar-refractivity contribution < 1.29 is 18.7 Å². The largest absolute Gasteiger partial charge is 0.463 e. The molecule has 1 aromatic carbocycles. The maximum absolute atomic E-state index is 15.2. The second-order valence-electron chi connectivity index (χ2n) is 8.17. The number of hydrogen-bond acceptors (Lipinski definition) is 7. The van der Waals surface area contributed by atoms with E-state index in [9.17, 15) is 4.79 Å². The Labute approximate surface area is 203 Å². The molecule has 0 radical (unpaired) electrons. The minimum absolute atomic E-state index is 0.0342. The van der Waals surface area contributed by atoms with E-state index in [1.807, 2.05) is 20.8 Å². The number of nitrogens with one attached hydrogen (secondary N) is 2. The second kappa shape index (κ2) is 11.8. The third-order valence-electron chi connectivity index (χ3n) is 5.68. The van der Waals surface area contributed by atoms with Gasteiger partial charge in [-0.25, -0.2) is 14.4 Å². The van der Waals surface area contributed by atoms with Gasteiger partial charge in [0, 0.05) is 17.5 Å². The lowest BCUT2D eigenvalue weighted by molar-refractivity contribution is 0.102. The van der Waals surface area contributed by atoms with Crippen LogP contribution in [0.3, 0.4) is 0 Å². The van der Waals surface area contributed by atoms with Gasteiger partial charge in [-0.05, 0) is 48.9 Å². The van der Waals surface area contributed by atoms with E-state index in [4.69, 9.17) is 27.0 Å². The van der Waals surface area contributed by atoms with Crippen molar-refractivity contribution >= 4 is 28.5 Å². The van der Waals surface area contributed by atoms with Crippen molar-refractivity contribution in [2.75, 3.05) is 25.6 Å². The number of aromatic nitrogens is 2. The molecule has 1 amide bonds. The lowest BCUT2D eigenvalue weighted by atomic mass is 9.80. The van der Waals surface area contributed by atoms with Crippen LogP contribution in [0.1, 0.15) is 48.3 Å². The van der Waals surface area contributed by atoms with E-state index in [2.05, 4.69) is 21.2 Å². The molecule has 0 bridgehead atoms. The van der Waals surface area contributed by atoms with Gasteiger partial charge in [-0.1, -0.05) is 31.5 Å². The molecule has 0 spiro atoms. The molecule has 182 valence electrons. The number of hydrogen-bond donors (Lipinski definition) is 3. The van der Waals surface area contributed by atoms with Gasteiger partial charge in [0.2, 0.25) is 5.88 Å². The SMILES string of the molecule is C#CCOc1cnc(C(=O)Nc2cc(C)c(F)c([C@@H](C)C(C)[C@@](C)(COC)SC(=N)N)c2)cn1. The van der Waals surface area contributed by atoms with Gasteiger partial charge < -0.3 is 20.5 Å². The highest BCUT2D eigenvalue weighted by Crippen LogP contribution is 2.42. The third-order valence-corrected chi connectivity index (χ3v) is 6.86. The van der Waals surface area contributed by atoms with E-state index < -0.39 is 10.7 Å². The monoisotopic (exact) mass is 487 g/mol. The standard InChI is InChI=1S/C24H30FN5O3S/c1-7-8-33-20-12-28-19(11-29-20)22(31)30-17-9-14(2)21(25)18(10-17)15(3)16(4)24(5,13-32-6)34-23(26)27/h1,9-12,15-16H,8,13H2,2-6H3,(H3,26,27)(H,30,31)/t15-,16?,24+/m0/s1. The Morgan fingerprint density at radius 2 is 2.09 bits per heavy atom. The predicted molar refractivity (Wildman–Crippen MR) is 133 cm³/mol. The van der Waals surface area contributed by atoms with Crippen LogP contribution in [0.4, 0.5) is 10.1 Å². The number of amides is 1. The van der Waals surface area contributed by atoms with Crippen LogP contribution in [-0.2, 0) is 4.74 Å². The minimum Gasteiger partial charge on any atom is -0.463 e. The fourth-order valence-corrected chi connectivity index (χ4v) is 4.68. The fourth-order valence-electron chi connectivity index (χ4n) is 3.61. The third kappa shape index (κ3) is 6.68. The summed E-state index contributed by atoms with van der Waals surface area (Å²) in [5.74, 6) is 1.29. The summed E-state index contributed by atoms with van der Waals surface area (Å²) >= 11 is 1.19. The lowest BCUT2D eigenvalue weighted by Crippen LogP contribution is -2.39. The van der Waals surface area contributed by atoms with Crippen molar-refractivity contribution in [1.82, 2.24) is 9.97 Å². The van der Waals surface area contributed by atoms with Gasteiger partial charge in [0.1, 0.15) is 11.5 Å². The average Bonchev–Trinajstić information content (AvgIpc) is 2.78. The molecule has 1 heterocycles. The summed E-state index contributed by atoms with van der Waals surface area (Å²) in [4.78, 5) is 20.7.